The van der Waals surface area contributed by atoms with Crippen molar-refractivity contribution in [1.29, 1.82) is 0 Å². The fourth-order valence-electron chi connectivity index (χ4n) is 1.95. The molecule has 2 rings (SSSR count). The third kappa shape index (κ3) is 4.09. The molecular formula is C15H17FN2O3S. The molecule has 118 valence electrons. The molecule has 2 aromatic rings. The Morgan fingerprint density at radius 1 is 1.27 bits per heavy atom. The van der Waals surface area contributed by atoms with Crippen LogP contribution in [0.25, 0.3) is 0 Å². The van der Waals surface area contributed by atoms with Gasteiger partial charge in [0.1, 0.15) is 5.82 Å². The van der Waals surface area contributed by atoms with Crippen molar-refractivity contribution in [3.05, 3.63) is 60.2 Å². The van der Waals surface area contributed by atoms with E-state index in [0.29, 0.717) is 0 Å². The monoisotopic (exact) mass is 324 g/mol. The van der Waals surface area contributed by atoms with Gasteiger partial charge in [-0.1, -0.05) is 12.1 Å². The van der Waals surface area contributed by atoms with E-state index in [1.54, 1.807) is 24.5 Å². The van der Waals surface area contributed by atoms with Crippen molar-refractivity contribution in [2.75, 3.05) is 20.3 Å². The summed E-state index contributed by atoms with van der Waals surface area (Å²) in [5, 5.41) is 0. The lowest BCUT2D eigenvalue weighted by molar-refractivity contribution is 0.177. The fourth-order valence-corrected chi connectivity index (χ4v) is 3.39. The van der Waals surface area contributed by atoms with E-state index in [0.717, 1.165) is 11.6 Å². The maximum Gasteiger partial charge on any atom is 0.243 e. The first-order chi connectivity index (χ1) is 10.5. The Balaban J connectivity index is 2.31. The van der Waals surface area contributed by atoms with E-state index < -0.39 is 15.8 Å². The Kier molecular flexibility index (Phi) is 5.59. The number of benzene rings is 1. The Hall–Kier alpha value is -1.83. The van der Waals surface area contributed by atoms with Crippen molar-refractivity contribution < 1.29 is 17.5 Å². The molecule has 0 aliphatic carbocycles. The van der Waals surface area contributed by atoms with Crippen LogP contribution in [-0.2, 0) is 21.3 Å². The van der Waals surface area contributed by atoms with Crippen LogP contribution in [0.4, 0.5) is 4.39 Å². The predicted molar refractivity (Wildman–Crippen MR) is 80.1 cm³/mol. The second-order valence-corrected chi connectivity index (χ2v) is 6.59. The summed E-state index contributed by atoms with van der Waals surface area (Å²) in [6.45, 7) is 0.565. The number of hydrogen-bond donors (Lipinski definition) is 0. The van der Waals surface area contributed by atoms with Gasteiger partial charge in [-0.2, -0.15) is 4.31 Å². The minimum Gasteiger partial charge on any atom is -0.383 e. The normalized spacial score (nSPS) is 11.8. The van der Waals surface area contributed by atoms with Crippen LogP contribution in [0.15, 0.2) is 53.7 Å². The molecule has 0 aliphatic rings. The SMILES string of the molecule is COCCN(Cc1cccnc1)S(=O)(=O)c1cccc(F)c1. The fraction of sp³-hybridized carbons (Fsp3) is 0.267. The lowest BCUT2D eigenvalue weighted by atomic mass is 10.3. The highest BCUT2D eigenvalue weighted by Gasteiger charge is 2.24. The van der Waals surface area contributed by atoms with E-state index >= 15 is 0 Å². The third-order valence-electron chi connectivity index (χ3n) is 3.06. The zero-order chi connectivity index (χ0) is 16.0. The molecule has 0 unspecified atom stereocenters. The second-order valence-electron chi connectivity index (χ2n) is 4.65. The molecule has 1 heterocycles. The highest BCUT2D eigenvalue weighted by Crippen LogP contribution is 2.18. The van der Waals surface area contributed by atoms with E-state index in [1.165, 1.54) is 29.6 Å². The van der Waals surface area contributed by atoms with Gasteiger partial charge in [0.05, 0.1) is 11.5 Å². The molecule has 0 N–H and O–H groups in total. The van der Waals surface area contributed by atoms with E-state index in [1.807, 2.05) is 0 Å². The third-order valence-corrected chi connectivity index (χ3v) is 4.90. The van der Waals surface area contributed by atoms with Crippen LogP contribution in [0, 0.1) is 5.82 Å². The maximum absolute atomic E-state index is 13.3. The lowest BCUT2D eigenvalue weighted by Crippen LogP contribution is -2.33. The number of methoxy groups -OCH3 is 1. The molecule has 1 aromatic carbocycles. The summed E-state index contributed by atoms with van der Waals surface area (Å²) in [7, 11) is -2.31. The standard InChI is InChI=1S/C15H17FN2O3S/c1-21-9-8-18(12-13-4-3-7-17-11-13)22(19,20)15-6-2-5-14(16)10-15/h2-7,10-11H,8-9,12H2,1H3. The average molecular weight is 324 g/mol. The van der Waals surface area contributed by atoms with Crippen LogP contribution in [0.5, 0.6) is 0 Å². The molecule has 1 aromatic heterocycles. The summed E-state index contributed by atoms with van der Waals surface area (Å²) in [5.41, 5.74) is 0.749. The Morgan fingerprint density at radius 3 is 2.73 bits per heavy atom. The zero-order valence-corrected chi connectivity index (χ0v) is 13.0. The van der Waals surface area contributed by atoms with Crippen LogP contribution in [0.2, 0.25) is 0 Å². The molecular weight excluding hydrogens is 307 g/mol. The van der Waals surface area contributed by atoms with Gasteiger partial charge >= 0.3 is 0 Å². The summed E-state index contributed by atoms with van der Waals surface area (Å²) in [4.78, 5) is 3.90. The molecule has 5 nitrogen and oxygen atoms in total. The van der Waals surface area contributed by atoms with Gasteiger partial charge in [0, 0.05) is 32.6 Å². The van der Waals surface area contributed by atoms with Crippen LogP contribution < -0.4 is 0 Å². The van der Waals surface area contributed by atoms with Crippen molar-refractivity contribution in [3.8, 4) is 0 Å². The molecule has 0 saturated carbocycles. The van der Waals surface area contributed by atoms with Crippen LogP contribution in [-0.4, -0.2) is 38.0 Å². The van der Waals surface area contributed by atoms with Crippen molar-refractivity contribution in [2.45, 2.75) is 11.4 Å². The van der Waals surface area contributed by atoms with Crippen molar-refractivity contribution in [3.63, 3.8) is 0 Å². The van der Waals surface area contributed by atoms with Gasteiger partial charge in [-0.05, 0) is 29.8 Å². The minimum absolute atomic E-state index is 0.0764. The number of halogens is 1. The van der Waals surface area contributed by atoms with Gasteiger partial charge in [-0.15, -0.1) is 0 Å². The number of sulfonamides is 1. The van der Waals surface area contributed by atoms with Gasteiger partial charge in [0.2, 0.25) is 10.0 Å². The number of hydrogen-bond acceptors (Lipinski definition) is 4. The van der Waals surface area contributed by atoms with Gasteiger partial charge in [0.15, 0.2) is 0 Å². The summed E-state index contributed by atoms with van der Waals surface area (Å²) in [6, 6.07) is 8.49. The largest absolute Gasteiger partial charge is 0.383 e. The smallest absolute Gasteiger partial charge is 0.243 e. The van der Waals surface area contributed by atoms with E-state index in [4.69, 9.17) is 4.74 Å². The summed E-state index contributed by atoms with van der Waals surface area (Å²) in [6.07, 6.45) is 3.21. The molecule has 0 aliphatic heterocycles. The van der Waals surface area contributed by atoms with Crippen LogP contribution in [0.1, 0.15) is 5.56 Å². The second kappa shape index (κ2) is 7.44. The van der Waals surface area contributed by atoms with Crippen molar-refractivity contribution in [2.24, 2.45) is 0 Å². The van der Waals surface area contributed by atoms with E-state index in [-0.39, 0.29) is 24.6 Å². The molecule has 0 saturated heterocycles. The van der Waals surface area contributed by atoms with E-state index in [9.17, 15) is 12.8 Å². The first kappa shape index (κ1) is 16.5. The number of pyridine rings is 1. The Labute approximate surface area is 129 Å². The van der Waals surface area contributed by atoms with Gasteiger partial charge in [-0.25, -0.2) is 12.8 Å². The molecule has 0 radical (unpaired) electrons. The lowest BCUT2D eigenvalue weighted by Gasteiger charge is -2.22. The van der Waals surface area contributed by atoms with E-state index in [2.05, 4.69) is 4.98 Å². The Bertz CT molecular complexity index is 708. The molecule has 0 amide bonds. The molecule has 0 spiro atoms. The van der Waals surface area contributed by atoms with Crippen LogP contribution >= 0.6 is 0 Å². The highest BCUT2D eigenvalue weighted by molar-refractivity contribution is 7.89. The molecule has 0 bridgehead atoms. The van der Waals surface area contributed by atoms with Gasteiger partial charge in [0.25, 0.3) is 0 Å². The zero-order valence-electron chi connectivity index (χ0n) is 12.1. The van der Waals surface area contributed by atoms with Gasteiger partial charge < -0.3 is 4.74 Å². The number of aromatic nitrogens is 1. The first-order valence-corrected chi connectivity index (χ1v) is 8.11. The average Bonchev–Trinajstić information content (AvgIpc) is 2.52. The molecule has 0 fully saturated rings. The summed E-state index contributed by atoms with van der Waals surface area (Å²) < 4.78 is 44.9. The topological polar surface area (TPSA) is 59.5 Å². The van der Waals surface area contributed by atoms with Gasteiger partial charge in [-0.3, -0.25) is 4.98 Å². The number of rotatable bonds is 7. The number of nitrogens with zero attached hydrogens (tertiary/aromatic N) is 2. The molecule has 7 heteroatoms. The van der Waals surface area contributed by atoms with Crippen LogP contribution in [0.3, 0.4) is 0 Å². The molecule has 22 heavy (non-hydrogen) atoms. The molecule has 0 atom stereocenters. The Morgan fingerprint density at radius 2 is 2.09 bits per heavy atom. The van der Waals surface area contributed by atoms with Crippen molar-refractivity contribution >= 4 is 10.0 Å². The minimum atomic E-state index is -3.81. The first-order valence-electron chi connectivity index (χ1n) is 6.67. The number of ether oxygens (including phenoxy) is 1. The maximum atomic E-state index is 13.3. The predicted octanol–water partition coefficient (Wildman–Crippen LogP) is 2.06. The van der Waals surface area contributed by atoms with Crippen molar-refractivity contribution in [1.82, 2.24) is 9.29 Å². The quantitative estimate of drug-likeness (QED) is 0.782. The summed E-state index contributed by atoms with van der Waals surface area (Å²) >= 11 is 0. The highest BCUT2D eigenvalue weighted by atomic mass is 32.2. The summed E-state index contributed by atoms with van der Waals surface area (Å²) in [5.74, 6) is -0.589.